The zero-order chi connectivity index (χ0) is 15.5. The van der Waals surface area contributed by atoms with Crippen LogP contribution in [0.3, 0.4) is 0 Å². The fourth-order valence-corrected chi connectivity index (χ4v) is 3.36. The molecule has 1 unspecified atom stereocenters. The van der Waals surface area contributed by atoms with Gasteiger partial charge < -0.3 is 16.4 Å². The quantitative estimate of drug-likeness (QED) is 0.551. The Morgan fingerprint density at radius 3 is 2.50 bits per heavy atom. The van der Waals surface area contributed by atoms with Gasteiger partial charge in [-0.05, 0) is 88.2 Å². The van der Waals surface area contributed by atoms with Crippen molar-refractivity contribution in [2.24, 2.45) is 5.73 Å². The Labute approximate surface area is 136 Å². The molecule has 1 aliphatic carbocycles. The van der Waals surface area contributed by atoms with Crippen LogP contribution in [-0.4, -0.2) is 32.7 Å². The summed E-state index contributed by atoms with van der Waals surface area (Å²) in [7, 11) is 0. The normalized spacial score (nSPS) is 17.4. The number of hydrogen-bond acceptors (Lipinski definition) is 3. The molecule has 0 aromatic heterocycles. The molecule has 0 spiro atoms. The van der Waals surface area contributed by atoms with Gasteiger partial charge in [-0.2, -0.15) is 0 Å². The molecule has 0 fully saturated rings. The van der Waals surface area contributed by atoms with Crippen LogP contribution in [0, 0.1) is 0 Å². The Balaban J connectivity index is 1.51. The van der Waals surface area contributed by atoms with Crippen molar-refractivity contribution in [2.45, 2.75) is 50.9 Å². The first-order chi connectivity index (χ1) is 10.9. The van der Waals surface area contributed by atoms with Crippen LogP contribution in [0.25, 0.3) is 0 Å². The average Bonchev–Trinajstić information content (AvgIpc) is 2.56. The van der Waals surface area contributed by atoms with Crippen molar-refractivity contribution in [3.8, 4) is 0 Å². The van der Waals surface area contributed by atoms with E-state index in [9.17, 15) is 0 Å². The highest BCUT2D eigenvalue weighted by Crippen LogP contribution is 2.30. The second kappa shape index (κ2) is 10.8. The standard InChI is InChI=1S/C19H33N3/c20-12-3-4-13-21-14-5-6-15-22-16-18-10-7-9-17-8-1-2-11-19(17)18/h1-2,8,11,18,21-22H,3-7,9-10,12-16,20H2. The maximum atomic E-state index is 5.48. The molecular formula is C19H33N3. The van der Waals surface area contributed by atoms with E-state index in [1.807, 2.05) is 0 Å². The number of hydrogen-bond donors (Lipinski definition) is 3. The summed E-state index contributed by atoms with van der Waals surface area (Å²) in [6.07, 6.45) is 8.81. The molecule has 1 aromatic carbocycles. The minimum Gasteiger partial charge on any atom is -0.330 e. The number of rotatable bonds is 11. The average molecular weight is 303 g/mol. The number of nitrogens with two attached hydrogens (primary N) is 1. The molecule has 1 aliphatic rings. The lowest BCUT2D eigenvalue weighted by Crippen LogP contribution is -2.26. The molecule has 4 N–H and O–H groups in total. The zero-order valence-electron chi connectivity index (χ0n) is 13.9. The second-order valence-electron chi connectivity index (χ2n) is 6.44. The summed E-state index contributed by atoms with van der Waals surface area (Å²) in [5.74, 6) is 0.722. The van der Waals surface area contributed by atoms with Crippen LogP contribution in [0.15, 0.2) is 24.3 Å². The van der Waals surface area contributed by atoms with Crippen molar-refractivity contribution in [1.29, 1.82) is 0 Å². The molecule has 0 saturated carbocycles. The fourth-order valence-electron chi connectivity index (χ4n) is 3.36. The van der Waals surface area contributed by atoms with E-state index >= 15 is 0 Å². The van der Waals surface area contributed by atoms with Crippen molar-refractivity contribution >= 4 is 0 Å². The summed E-state index contributed by atoms with van der Waals surface area (Å²) in [5.41, 5.74) is 8.64. The molecule has 0 amide bonds. The highest BCUT2D eigenvalue weighted by molar-refractivity contribution is 5.32. The first-order valence-corrected chi connectivity index (χ1v) is 9.11. The maximum Gasteiger partial charge on any atom is 0.00202 e. The summed E-state index contributed by atoms with van der Waals surface area (Å²) < 4.78 is 0. The van der Waals surface area contributed by atoms with Gasteiger partial charge in [0, 0.05) is 6.54 Å². The third-order valence-corrected chi connectivity index (χ3v) is 4.65. The Hall–Kier alpha value is -0.900. The third-order valence-electron chi connectivity index (χ3n) is 4.65. The predicted molar refractivity (Wildman–Crippen MR) is 95.4 cm³/mol. The summed E-state index contributed by atoms with van der Waals surface area (Å²) in [6, 6.07) is 8.99. The topological polar surface area (TPSA) is 50.1 Å². The smallest absolute Gasteiger partial charge is 0.00202 e. The van der Waals surface area contributed by atoms with Crippen LogP contribution in [0.4, 0.5) is 0 Å². The van der Waals surface area contributed by atoms with E-state index < -0.39 is 0 Å². The first-order valence-electron chi connectivity index (χ1n) is 9.11. The van der Waals surface area contributed by atoms with Gasteiger partial charge in [0.25, 0.3) is 0 Å². The van der Waals surface area contributed by atoms with Crippen molar-refractivity contribution in [2.75, 3.05) is 32.7 Å². The van der Waals surface area contributed by atoms with E-state index in [4.69, 9.17) is 5.73 Å². The Kier molecular flexibility index (Phi) is 8.54. The van der Waals surface area contributed by atoms with Crippen LogP contribution in [0.2, 0.25) is 0 Å². The molecule has 0 aliphatic heterocycles. The summed E-state index contributed by atoms with van der Waals surface area (Å²) in [6.45, 7) is 5.35. The van der Waals surface area contributed by atoms with Gasteiger partial charge in [0.1, 0.15) is 0 Å². The second-order valence-corrected chi connectivity index (χ2v) is 6.44. The molecule has 3 nitrogen and oxygen atoms in total. The van der Waals surface area contributed by atoms with Gasteiger partial charge in [0.15, 0.2) is 0 Å². The van der Waals surface area contributed by atoms with E-state index in [2.05, 4.69) is 34.9 Å². The molecule has 2 rings (SSSR count). The Morgan fingerprint density at radius 1 is 0.955 bits per heavy atom. The van der Waals surface area contributed by atoms with E-state index in [1.165, 1.54) is 38.5 Å². The number of aryl methyl sites for hydroxylation is 1. The van der Waals surface area contributed by atoms with Gasteiger partial charge in [0.2, 0.25) is 0 Å². The fraction of sp³-hybridized carbons (Fsp3) is 0.684. The summed E-state index contributed by atoms with van der Waals surface area (Å²) >= 11 is 0. The van der Waals surface area contributed by atoms with Crippen LogP contribution >= 0.6 is 0 Å². The van der Waals surface area contributed by atoms with E-state index in [-0.39, 0.29) is 0 Å². The van der Waals surface area contributed by atoms with Gasteiger partial charge in [-0.3, -0.25) is 0 Å². The predicted octanol–water partition coefficient (Wildman–Crippen LogP) is 2.80. The lowest BCUT2D eigenvalue weighted by Gasteiger charge is -2.25. The maximum absolute atomic E-state index is 5.48. The van der Waals surface area contributed by atoms with Gasteiger partial charge in [-0.1, -0.05) is 24.3 Å². The number of fused-ring (bicyclic) bond motifs is 1. The number of benzene rings is 1. The highest BCUT2D eigenvalue weighted by Gasteiger charge is 2.18. The zero-order valence-corrected chi connectivity index (χ0v) is 13.9. The molecule has 0 heterocycles. The van der Waals surface area contributed by atoms with Gasteiger partial charge in [-0.15, -0.1) is 0 Å². The van der Waals surface area contributed by atoms with E-state index in [0.717, 1.165) is 45.1 Å². The SMILES string of the molecule is NCCCCNCCCCNCC1CCCc2ccccc21. The number of nitrogens with one attached hydrogen (secondary N) is 2. The summed E-state index contributed by atoms with van der Waals surface area (Å²) in [5, 5.41) is 7.15. The molecule has 1 atom stereocenters. The van der Waals surface area contributed by atoms with Crippen molar-refractivity contribution < 1.29 is 0 Å². The van der Waals surface area contributed by atoms with E-state index in [1.54, 1.807) is 11.1 Å². The van der Waals surface area contributed by atoms with Crippen LogP contribution < -0.4 is 16.4 Å². The minimum atomic E-state index is 0.722. The van der Waals surface area contributed by atoms with Crippen molar-refractivity contribution in [1.82, 2.24) is 10.6 Å². The van der Waals surface area contributed by atoms with Crippen LogP contribution in [0.1, 0.15) is 55.6 Å². The molecular weight excluding hydrogens is 270 g/mol. The molecule has 0 saturated heterocycles. The molecule has 22 heavy (non-hydrogen) atoms. The van der Waals surface area contributed by atoms with Crippen molar-refractivity contribution in [3.63, 3.8) is 0 Å². The molecule has 124 valence electrons. The molecule has 0 bridgehead atoms. The molecule has 0 radical (unpaired) electrons. The largest absolute Gasteiger partial charge is 0.330 e. The molecule has 1 aromatic rings. The molecule has 3 heteroatoms. The Morgan fingerprint density at radius 2 is 1.68 bits per heavy atom. The lowest BCUT2D eigenvalue weighted by atomic mass is 9.83. The first kappa shape index (κ1) is 17.5. The van der Waals surface area contributed by atoms with Crippen LogP contribution in [0.5, 0.6) is 0 Å². The third kappa shape index (κ3) is 6.07. The van der Waals surface area contributed by atoms with Gasteiger partial charge in [0.05, 0.1) is 0 Å². The highest BCUT2D eigenvalue weighted by atomic mass is 14.9. The summed E-state index contributed by atoms with van der Waals surface area (Å²) in [4.78, 5) is 0. The van der Waals surface area contributed by atoms with Gasteiger partial charge >= 0.3 is 0 Å². The number of unbranched alkanes of at least 4 members (excludes halogenated alkanes) is 2. The Bertz CT molecular complexity index is 405. The van der Waals surface area contributed by atoms with Crippen LogP contribution in [-0.2, 0) is 6.42 Å². The van der Waals surface area contributed by atoms with Gasteiger partial charge in [-0.25, -0.2) is 0 Å². The van der Waals surface area contributed by atoms with E-state index in [0.29, 0.717) is 0 Å². The monoisotopic (exact) mass is 303 g/mol. The van der Waals surface area contributed by atoms with Crippen molar-refractivity contribution in [3.05, 3.63) is 35.4 Å². The lowest BCUT2D eigenvalue weighted by molar-refractivity contribution is 0.495. The minimum absolute atomic E-state index is 0.722.